The minimum atomic E-state index is 0.694. The molecule has 1 aromatic carbocycles. The molecule has 15 heavy (non-hydrogen) atoms. The monoisotopic (exact) mass is 198 g/mol. The largest absolute Gasteiger partial charge is 0.0778 e. The lowest BCUT2D eigenvalue weighted by atomic mass is 9.88. The van der Waals surface area contributed by atoms with Gasteiger partial charge in [0.05, 0.1) is 0 Å². The summed E-state index contributed by atoms with van der Waals surface area (Å²) in [7, 11) is 0. The minimum absolute atomic E-state index is 0.694. The first-order chi connectivity index (χ1) is 7.16. The van der Waals surface area contributed by atoms with Gasteiger partial charge in [-0.05, 0) is 42.9 Å². The number of aryl methyl sites for hydroxylation is 1. The number of hydrogen-bond donors (Lipinski definition) is 0. The Kier molecular flexibility index (Phi) is 2.77. The normalized spacial score (nSPS) is 20.9. The van der Waals surface area contributed by atoms with E-state index in [9.17, 15) is 0 Å². The molecule has 0 aliphatic heterocycles. The lowest BCUT2D eigenvalue weighted by Gasteiger charge is -2.17. The molecular formula is C15H18. The second kappa shape index (κ2) is 4.06. The van der Waals surface area contributed by atoms with Gasteiger partial charge in [-0.1, -0.05) is 48.9 Å². The predicted molar refractivity (Wildman–Crippen MR) is 66.7 cm³/mol. The highest BCUT2D eigenvalue weighted by atomic mass is 14.1. The van der Waals surface area contributed by atoms with Gasteiger partial charge in [-0.15, -0.1) is 0 Å². The van der Waals surface area contributed by atoms with Crippen LogP contribution in [0, 0.1) is 12.8 Å². The molecule has 0 spiro atoms. The van der Waals surface area contributed by atoms with E-state index in [1.165, 1.54) is 28.7 Å². The van der Waals surface area contributed by atoms with Crippen LogP contribution in [0.15, 0.2) is 42.0 Å². The Balaban J connectivity index is 2.33. The van der Waals surface area contributed by atoms with Crippen LogP contribution in [0.25, 0.3) is 5.57 Å². The Morgan fingerprint density at radius 2 is 1.73 bits per heavy atom. The summed E-state index contributed by atoms with van der Waals surface area (Å²) < 4.78 is 0. The molecule has 0 N–H and O–H groups in total. The first-order valence-electron chi connectivity index (χ1n) is 5.63. The highest BCUT2D eigenvalue weighted by molar-refractivity contribution is 5.79. The van der Waals surface area contributed by atoms with E-state index >= 15 is 0 Å². The van der Waals surface area contributed by atoms with Crippen molar-refractivity contribution in [2.45, 2.75) is 27.2 Å². The molecular weight excluding hydrogens is 180 g/mol. The van der Waals surface area contributed by atoms with Crippen molar-refractivity contribution in [1.29, 1.82) is 0 Å². The average molecular weight is 198 g/mol. The molecule has 0 amide bonds. The molecule has 1 unspecified atom stereocenters. The summed E-state index contributed by atoms with van der Waals surface area (Å²) in [6.45, 7) is 6.61. The Labute approximate surface area is 92.3 Å². The number of hydrogen-bond acceptors (Lipinski definition) is 0. The molecule has 0 saturated heterocycles. The van der Waals surface area contributed by atoms with Crippen molar-refractivity contribution in [2.75, 3.05) is 0 Å². The molecule has 0 fully saturated rings. The second-order valence-electron chi connectivity index (χ2n) is 4.55. The van der Waals surface area contributed by atoms with Crippen LogP contribution in [0.1, 0.15) is 31.4 Å². The summed E-state index contributed by atoms with van der Waals surface area (Å²) >= 11 is 0. The molecule has 0 heteroatoms. The van der Waals surface area contributed by atoms with Gasteiger partial charge in [-0.3, -0.25) is 0 Å². The van der Waals surface area contributed by atoms with Crippen LogP contribution < -0.4 is 0 Å². The SMILES string of the molecule is CC1=CC(C)CC=C1c1ccc(C)cc1. The van der Waals surface area contributed by atoms with Gasteiger partial charge in [0.1, 0.15) is 0 Å². The Bertz CT molecular complexity index is 404. The molecule has 1 atom stereocenters. The zero-order valence-corrected chi connectivity index (χ0v) is 9.75. The summed E-state index contributed by atoms with van der Waals surface area (Å²) in [4.78, 5) is 0. The fourth-order valence-electron chi connectivity index (χ4n) is 2.13. The van der Waals surface area contributed by atoms with Crippen molar-refractivity contribution < 1.29 is 0 Å². The maximum atomic E-state index is 2.37. The van der Waals surface area contributed by atoms with Crippen LogP contribution in [-0.4, -0.2) is 0 Å². The summed E-state index contributed by atoms with van der Waals surface area (Å²) in [5, 5.41) is 0. The third kappa shape index (κ3) is 2.20. The van der Waals surface area contributed by atoms with Crippen LogP contribution in [0.5, 0.6) is 0 Å². The van der Waals surface area contributed by atoms with Gasteiger partial charge in [0, 0.05) is 0 Å². The first kappa shape index (κ1) is 10.2. The Morgan fingerprint density at radius 1 is 1.07 bits per heavy atom. The molecule has 1 aliphatic rings. The van der Waals surface area contributed by atoms with Crippen LogP contribution >= 0.6 is 0 Å². The highest BCUT2D eigenvalue weighted by Gasteiger charge is 2.10. The fraction of sp³-hybridized carbons (Fsp3) is 0.333. The molecule has 0 nitrogen and oxygen atoms in total. The van der Waals surface area contributed by atoms with Crippen molar-refractivity contribution in [3.8, 4) is 0 Å². The zero-order valence-electron chi connectivity index (χ0n) is 9.75. The van der Waals surface area contributed by atoms with Crippen LogP contribution in [-0.2, 0) is 0 Å². The molecule has 0 heterocycles. The molecule has 78 valence electrons. The van der Waals surface area contributed by atoms with Gasteiger partial charge in [0.2, 0.25) is 0 Å². The Morgan fingerprint density at radius 3 is 2.33 bits per heavy atom. The quantitative estimate of drug-likeness (QED) is 0.628. The maximum Gasteiger partial charge on any atom is -0.0184 e. The lowest BCUT2D eigenvalue weighted by molar-refractivity contribution is 0.732. The van der Waals surface area contributed by atoms with Crippen molar-refractivity contribution in [3.05, 3.63) is 53.1 Å². The van der Waals surface area contributed by atoms with Gasteiger partial charge in [0.25, 0.3) is 0 Å². The minimum Gasteiger partial charge on any atom is -0.0778 e. The van der Waals surface area contributed by atoms with E-state index in [0.717, 1.165) is 0 Å². The molecule has 0 aromatic heterocycles. The van der Waals surface area contributed by atoms with Gasteiger partial charge in [0.15, 0.2) is 0 Å². The Hall–Kier alpha value is -1.30. The van der Waals surface area contributed by atoms with Crippen LogP contribution in [0.4, 0.5) is 0 Å². The van der Waals surface area contributed by atoms with Crippen LogP contribution in [0.2, 0.25) is 0 Å². The van der Waals surface area contributed by atoms with Crippen molar-refractivity contribution in [3.63, 3.8) is 0 Å². The number of allylic oxidation sites excluding steroid dienone is 4. The van der Waals surface area contributed by atoms with Crippen molar-refractivity contribution in [2.24, 2.45) is 5.92 Å². The van der Waals surface area contributed by atoms with E-state index in [1.54, 1.807) is 0 Å². The second-order valence-corrected chi connectivity index (χ2v) is 4.55. The third-order valence-electron chi connectivity index (χ3n) is 3.02. The van der Waals surface area contributed by atoms with Gasteiger partial charge in [-0.25, -0.2) is 0 Å². The van der Waals surface area contributed by atoms with Crippen LogP contribution in [0.3, 0.4) is 0 Å². The molecule has 1 aliphatic carbocycles. The lowest BCUT2D eigenvalue weighted by Crippen LogP contribution is -1.98. The summed E-state index contributed by atoms with van der Waals surface area (Å²) in [5.41, 5.74) is 5.50. The summed E-state index contributed by atoms with van der Waals surface area (Å²) in [6.07, 6.45) is 5.90. The van der Waals surface area contributed by atoms with E-state index < -0.39 is 0 Å². The van der Waals surface area contributed by atoms with E-state index in [-0.39, 0.29) is 0 Å². The molecule has 2 rings (SSSR count). The molecule has 1 aromatic rings. The average Bonchev–Trinajstić information content (AvgIpc) is 2.20. The van der Waals surface area contributed by atoms with Gasteiger partial charge in [-0.2, -0.15) is 0 Å². The number of rotatable bonds is 1. The highest BCUT2D eigenvalue weighted by Crippen LogP contribution is 2.30. The summed E-state index contributed by atoms with van der Waals surface area (Å²) in [6, 6.07) is 8.80. The molecule has 0 bridgehead atoms. The van der Waals surface area contributed by atoms with Crippen molar-refractivity contribution >= 4 is 5.57 Å². The third-order valence-corrected chi connectivity index (χ3v) is 3.02. The van der Waals surface area contributed by atoms with Crippen molar-refractivity contribution in [1.82, 2.24) is 0 Å². The van der Waals surface area contributed by atoms with E-state index in [0.29, 0.717) is 5.92 Å². The topological polar surface area (TPSA) is 0 Å². The zero-order chi connectivity index (χ0) is 10.8. The smallest absolute Gasteiger partial charge is 0.0184 e. The fourth-order valence-corrected chi connectivity index (χ4v) is 2.13. The predicted octanol–water partition coefficient (Wildman–Crippen LogP) is 4.36. The van der Waals surface area contributed by atoms with E-state index in [1.807, 2.05) is 0 Å². The number of benzene rings is 1. The van der Waals surface area contributed by atoms with Gasteiger partial charge < -0.3 is 0 Å². The van der Waals surface area contributed by atoms with E-state index in [4.69, 9.17) is 0 Å². The van der Waals surface area contributed by atoms with E-state index in [2.05, 4.69) is 57.2 Å². The molecule has 0 saturated carbocycles. The summed E-state index contributed by atoms with van der Waals surface area (Å²) in [5.74, 6) is 0.694. The maximum absolute atomic E-state index is 2.37. The van der Waals surface area contributed by atoms with Gasteiger partial charge >= 0.3 is 0 Å². The first-order valence-corrected chi connectivity index (χ1v) is 5.63. The standard InChI is InChI=1S/C15H18/c1-11-4-7-14(8-5-11)15-9-6-12(2)10-13(15)3/h4-5,7-10,12H,6H2,1-3H3. The molecule has 0 radical (unpaired) electrons.